The topological polar surface area (TPSA) is 80.5 Å². The Labute approximate surface area is 131 Å². The van der Waals surface area contributed by atoms with Gasteiger partial charge in [-0.3, -0.25) is 0 Å². The summed E-state index contributed by atoms with van der Waals surface area (Å²) in [6.07, 6.45) is 2.24. The molecule has 1 saturated carbocycles. The number of aromatic nitrogens is 2. The number of nitrogens with zero attached hydrogens (tertiary/aromatic N) is 3. The van der Waals surface area contributed by atoms with Crippen molar-refractivity contribution >= 4 is 6.03 Å². The van der Waals surface area contributed by atoms with Crippen molar-refractivity contribution in [3.05, 3.63) is 11.7 Å². The first-order valence-electron chi connectivity index (χ1n) is 7.79. The van der Waals surface area contributed by atoms with Gasteiger partial charge >= 0.3 is 6.03 Å². The first-order valence-corrected chi connectivity index (χ1v) is 7.79. The molecule has 0 radical (unpaired) electrons. The van der Waals surface area contributed by atoms with Gasteiger partial charge in [0.25, 0.3) is 0 Å². The molecule has 0 aliphatic heterocycles. The molecule has 0 aromatic carbocycles. The van der Waals surface area contributed by atoms with Gasteiger partial charge in [-0.1, -0.05) is 19.0 Å². The Morgan fingerprint density at radius 3 is 2.82 bits per heavy atom. The molecule has 22 heavy (non-hydrogen) atoms. The highest BCUT2D eigenvalue weighted by Gasteiger charge is 2.30. The van der Waals surface area contributed by atoms with Crippen molar-refractivity contribution < 1.29 is 14.1 Å². The highest BCUT2D eigenvalue weighted by molar-refractivity contribution is 5.74. The summed E-state index contributed by atoms with van der Waals surface area (Å²) in [5.74, 6) is 1.70. The van der Waals surface area contributed by atoms with Gasteiger partial charge in [0.05, 0.1) is 13.2 Å². The van der Waals surface area contributed by atoms with Crippen molar-refractivity contribution in [2.45, 2.75) is 46.1 Å². The maximum Gasteiger partial charge on any atom is 0.317 e. The molecular formula is C15H26N4O3. The summed E-state index contributed by atoms with van der Waals surface area (Å²) in [6, 6.07) is -0.121. The van der Waals surface area contributed by atoms with E-state index < -0.39 is 0 Å². The zero-order chi connectivity index (χ0) is 16.2. The first-order chi connectivity index (χ1) is 10.4. The number of nitrogens with one attached hydrogen (secondary N) is 1. The Morgan fingerprint density at radius 1 is 1.50 bits per heavy atom. The quantitative estimate of drug-likeness (QED) is 0.795. The van der Waals surface area contributed by atoms with E-state index in [0.29, 0.717) is 43.9 Å². The summed E-state index contributed by atoms with van der Waals surface area (Å²) in [5, 5.41) is 6.90. The van der Waals surface area contributed by atoms with Crippen LogP contribution >= 0.6 is 0 Å². The van der Waals surface area contributed by atoms with Gasteiger partial charge in [-0.15, -0.1) is 0 Å². The molecule has 0 bridgehead atoms. The van der Waals surface area contributed by atoms with Gasteiger partial charge in [0.1, 0.15) is 0 Å². The molecular weight excluding hydrogens is 284 g/mol. The number of amides is 2. The highest BCUT2D eigenvalue weighted by Crippen LogP contribution is 2.38. The van der Waals surface area contributed by atoms with E-state index >= 15 is 0 Å². The second-order valence-corrected chi connectivity index (χ2v) is 6.59. The number of rotatable bonds is 8. The number of ether oxygens (including phenoxy) is 1. The lowest BCUT2D eigenvalue weighted by Crippen LogP contribution is -2.44. The van der Waals surface area contributed by atoms with Gasteiger partial charge in [-0.25, -0.2) is 4.79 Å². The van der Waals surface area contributed by atoms with Crippen molar-refractivity contribution in [2.24, 2.45) is 5.41 Å². The summed E-state index contributed by atoms with van der Waals surface area (Å²) >= 11 is 0. The Morgan fingerprint density at radius 2 is 2.23 bits per heavy atom. The zero-order valence-electron chi connectivity index (χ0n) is 13.9. The van der Waals surface area contributed by atoms with Crippen LogP contribution in [-0.2, 0) is 11.3 Å². The highest BCUT2D eigenvalue weighted by atomic mass is 16.5. The van der Waals surface area contributed by atoms with E-state index in [1.165, 1.54) is 0 Å². The van der Waals surface area contributed by atoms with Gasteiger partial charge < -0.3 is 19.5 Å². The molecule has 1 aliphatic carbocycles. The lowest BCUT2D eigenvalue weighted by molar-refractivity contribution is 0.103. The molecule has 124 valence electrons. The Bertz CT molecular complexity index is 497. The lowest BCUT2D eigenvalue weighted by atomic mass is 9.95. The van der Waals surface area contributed by atoms with E-state index in [-0.39, 0.29) is 11.4 Å². The summed E-state index contributed by atoms with van der Waals surface area (Å²) < 4.78 is 10.4. The third kappa shape index (κ3) is 4.69. The number of carbonyl (C=O) groups excluding carboxylic acids is 1. The molecule has 0 atom stereocenters. The number of hydrogen-bond donors (Lipinski definition) is 1. The monoisotopic (exact) mass is 310 g/mol. The van der Waals surface area contributed by atoms with Gasteiger partial charge in [0, 0.05) is 31.5 Å². The summed E-state index contributed by atoms with van der Waals surface area (Å²) in [7, 11) is 1.66. The van der Waals surface area contributed by atoms with Gasteiger partial charge in [0.2, 0.25) is 5.89 Å². The predicted octanol–water partition coefficient (Wildman–Crippen LogP) is 2.15. The van der Waals surface area contributed by atoms with E-state index in [1.807, 2.05) is 20.8 Å². The van der Waals surface area contributed by atoms with Crippen LogP contribution < -0.4 is 5.32 Å². The van der Waals surface area contributed by atoms with Crippen molar-refractivity contribution in [1.82, 2.24) is 20.4 Å². The molecule has 1 aromatic heterocycles. The maximum atomic E-state index is 12.3. The van der Waals surface area contributed by atoms with Crippen LogP contribution in [0.4, 0.5) is 4.79 Å². The van der Waals surface area contributed by atoms with Crippen LogP contribution in [0.15, 0.2) is 4.52 Å². The lowest BCUT2D eigenvalue weighted by Gasteiger charge is -2.26. The first kappa shape index (κ1) is 16.7. The molecule has 7 nitrogen and oxygen atoms in total. The van der Waals surface area contributed by atoms with Crippen molar-refractivity contribution in [3.63, 3.8) is 0 Å². The fraction of sp³-hybridized carbons (Fsp3) is 0.800. The van der Waals surface area contributed by atoms with Crippen LogP contribution in [0.25, 0.3) is 0 Å². The van der Waals surface area contributed by atoms with Crippen LogP contribution in [0, 0.1) is 5.41 Å². The number of hydrogen-bond acceptors (Lipinski definition) is 5. The molecule has 1 heterocycles. The molecule has 2 rings (SSSR count). The molecule has 7 heteroatoms. The smallest absolute Gasteiger partial charge is 0.317 e. The summed E-state index contributed by atoms with van der Waals surface area (Å²) in [6.45, 7) is 8.13. The number of urea groups is 1. The van der Waals surface area contributed by atoms with E-state index in [4.69, 9.17) is 9.26 Å². The number of methoxy groups -OCH3 is 1. The molecule has 1 N–H and O–H groups in total. The fourth-order valence-corrected chi connectivity index (χ4v) is 2.19. The molecule has 1 aromatic rings. The van der Waals surface area contributed by atoms with Crippen LogP contribution in [0.5, 0.6) is 0 Å². The van der Waals surface area contributed by atoms with Crippen LogP contribution in [0.2, 0.25) is 0 Å². The largest absolute Gasteiger partial charge is 0.384 e. The van der Waals surface area contributed by atoms with Gasteiger partial charge in [0.15, 0.2) is 5.82 Å². The van der Waals surface area contributed by atoms with E-state index in [2.05, 4.69) is 15.5 Å². The van der Waals surface area contributed by atoms with Gasteiger partial charge in [-0.05, 0) is 19.8 Å². The minimum Gasteiger partial charge on any atom is -0.384 e. The average molecular weight is 310 g/mol. The predicted molar refractivity (Wildman–Crippen MR) is 81.4 cm³/mol. The number of carbonyl (C=O) groups is 1. The van der Waals surface area contributed by atoms with Crippen LogP contribution in [-0.4, -0.2) is 47.9 Å². The standard InChI is InChI=1S/C15H26N4O3/c1-5-19(14(20)16-9-15(2,3)10-21-4)8-12-17-13(22-18-12)11-6-7-11/h11H,5-10H2,1-4H3,(H,16,20). The maximum absolute atomic E-state index is 12.3. The van der Waals surface area contributed by atoms with Crippen LogP contribution in [0.3, 0.4) is 0 Å². The van der Waals surface area contributed by atoms with Crippen molar-refractivity contribution in [2.75, 3.05) is 26.8 Å². The Kier molecular flexibility index (Phi) is 5.39. The van der Waals surface area contributed by atoms with E-state index in [9.17, 15) is 4.79 Å². The zero-order valence-corrected chi connectivity index (χ0v) is 13.9. The van der Waals surface area contributed by atoms with Crippen LogP contribution in [0.1, 0.15) is 51.2 Å². The fourth-order valence-electron chi connectivity index (χ4n) is 2.19. The Balaban J connectivity index is 1.85. The summed E-state index contributed by atoms with van der Waals surface area (Å²) in [5.41, 5.74) is -0.102. The molecule has 1 aliphatic rings. The average Bonchev–Trinajstić information content (AvgIpc) is 3.22. The third-order valence-electron chi connectivity index (χ3n) is 3.66. The SMILES string of the molecule is CCN(Cc1noc(C2CC2)n1)C(=O)NCC(C)(C)COC. The van der Waals surface area contributed by atoms with Crippen molar-refractivity contribution in [1.29, 1.82) is 0 Å². The minimum atomic E-state index is -0.121. The second kappa shape index (κ2) is 7.09. The molecule has 0 spiro atoms. The molecule has 0 unspecified atom stereocenters. The molecule has 2 amide bonds. The Hall–Kier alpha value is -1.63. The normalized spacial score (nSPS) is 14.9. The minimum absolute atomic E-state index is 0.102. The van der Waals surface area contributed by atoms with E-state index in [0.717, 1.165) is 12.8 Å². The third-order valence-corrected chi connectivity index (χ3v) is 3.66. The second-order valence-electron chi connectivity index (χ2n) is 6.59. The summed E-state index contributed by atoms with van der Waals surface area (Å²) in [4.78, 5) is 18.3. The molecule has 1 fully saturated rings. The van der Waals surface area contributed by atoms with Gasteiger partial charge in [-0.2, -0.15) is 4.98 Å². The molecule has 0 saturated heterocycles. The van der Waals surface area contributed by atoms with Crippen molar-refractivity contribution in [3.8, 4) is 0 Å². The van der Waals surface area contributed by atoms with E-state index in [1.54, 1.807) is 12.0 Å².